The molecule has 8 nitrogen and oxygen atoms in total. The monoisotopic (exact) mass is 383 g/mol. The fourth-order valence-corrected chi connectivity index (χ4v) is 4.46. The highest BCUT2D eigenvalue weighted by Crippen LogP contribution is 2.51. The van der Waals surface area contributed by atoms with Crippen LogP contribution in [0.15, 0.2) is 42.5 Å². The Labute approximate surface area is 162 Å². The Balaban J connectivity index is 2.26. The zero-order valence-electron chi connectivity index (χ0n) is 16.1. The normalized spacial score (nSPS) is 20.4. The van der Waals surface area contributed by atoms with Gasteiger partial charge >= 0.3 is 0 Å². The first kappa shape index (κ1) is 19.5. The minimum atomic E-state index is -0.607. The van der Waals surface area contributed by atoms with Gasteiger partial charge in [-0.1, -0.05) is 19.1 Å². The van der Waals surface area contributed by atoms with Gasteiger partial charge in [0.05, 0.1) is 15.5 Å². The van der Waals surface area contributed by atoms with Gasteiger partial charge in [-0.2, -0.15) is 0 Å². The highest BCUT2D eigenvalue weighted by atomic mass is 16.6. The Bertz CT molecular complexity index is 984. The number of benzene rings is 2. The molecule has 0 saturated heterocycles. The van der Waals surface area contributed by atoms with Gasteiger partial charge in [0.15, 0.2) is 0 Å². The summed E-state index contributed by atoms with van der Waals surface area (Å²) in [6.07, 6.45) is 0.558. The highest BCUT2D eigenvalue weighted by molar-refractivity contribution is 5.95. The number of fused-ring (bicyclic) bond motifs is 1. The maximum Gasteiger partial charge on any atom is 0.271 e. The van der Waals surface area contributed by atoms with Crippen molar-refractivity contribution in [2.75, 3.05) is 4.90 Å². The molecule has 0 aromatic heterocycles. The van der Waals surface area contributed by atoms with Gasteiger partial charge in [0, 0.05) is 42.1 Å². The molecule has 0 radical (unpaired) electrons. The van der Waals surface area contributed by atoms with Gasteiger partial charge in [0.1, 0.15) is 0 Å². The van der Waals surface area contributed by atoms with Crippen molar-refractivity contribution in [3.63, 3.8) is 0 Å². The van der Waals surface area contributed by atoms with E-state index < -0.39 is 20.8 Å². The van der Waals surface area contributed by atoms with Crippen LogP contribution in [0.4, 0.5) is 17.1 Å². The number of carbonyl (C=O) groups is 1. The van der Waals surface area contributed by atoms with Crippen LogP contribution in [-0.4, -0.2) is 21.3 Å². The van der Waals surface area contributed by atoms with Crippen molar-refractivity contribution in [1.82, 2.24) is 0 Å². The zero-order chi connectivity index (χ0) is 20.9. The SMILES string of the molecule is CC(=O)N1c2cc([N+](=O)[O-])ccc2C(C)(c2ccc([N+](=O)[O-])cc2)CC1(C)C. The third kappa shape index (κ3) is 3.00. The first-order chi connectivity index (χ1) is 13.0. The topological polar surface area (TPSA) is 107 Å². The summed E-state index contributed by atoms with van der Waals surface area (Å²) in [4.78, 5) is 35.4. The van der Waals surface area contributed by atoms with Crippen LogP contribution in [0.25, 0.3) is 0 Å². The van der Waals surface area contributed by atoms with Crippen LogP contribution in [0.5, 0.6) is 0 Å². The molecule has 0 aliphatic carbocycles. The largest absolute Gasteiger partial charge is 0.307 e. The lowest BCUT2D eigenvalue weighted by molar-refractivity contribution is -0.385. The van der Waals surface area contributed by atoms with Crippen molar-refractivity contribution in [1.29, 1.82) is 0 Å². The van der Waals surface area contributed by atoms with E-state index in [0.29, 0.717) is 12.1 Å². The second-order valence-electron chi connectivity index (χ2n) is 7.94. The Morgan fingerprint density at radius 3 is 2.00 bits per heavy atom. The summed E-state index contributed by atoms with van der Waals surface area (Å²) in [6.45, 7) is 7.27. The van der Waals surface area contributed by atoms with E-state index in [9.17, 15) is 25.0 Å². The number of amides is 1. The quantitative estimate of drug-likeness (QED) is 0.579. The molecule has 3 rings (SSSR count). The van der Waals surface area contributed by atoms with Crippen molar-refractivity contribution in [3.8, 4) is 0 Å². The number of hydrogen-bond acceptors (Lipinski definition) is 5. The molecular formula is C20H21N3O5. The predicted molar refractivity (Wildman–Crippen MR) is 105 cm³/mol. The van der Waals surface area contributed by atoms with Gasteiger partial charge < -0.3 is 4.90 Å². The number of hydrogen-bond donors (Lipinski definition) is 0. The van der Waals surface area contributed by atoms with Crippen LogP contribution in [-0.2, 0) is 10.2 Å². The van der Waals surface area contributed by atoms with Crippen LogP contribution in [0.1, 0.15) is 45.2 Å². The van der Waals surface area contributed by atoms with Gasteiger partial charge in [-0.3, -0.25) is 25.0 Å². The van der Waals surface area contributed by atoms with Crippen molar-refractivity contribution < 1.29 is 14.6 Å². The van der Waals surface area contributed by atoms with Gasteiger partial charge in [-0.25, -0.2) is 0 Å². The Hall–Kier alpha value is -3.29. The minimum Gasteiger partial charge on any atom is -0.307 e. The number of nitro groups is 2. The standard InChI is InChI=1S/C20H21N3O5/c1-13(24)21-18-11-16(23(27)28)9-10-17(18)20(4,12-19(21,2)3)14-5-7-15(8-6-14)22(25)26/h5-11H,12H2,1-4H3. The van der Waals surface area contributed by atoms with E-state index in [1.165, 1.54) is 31.2 Å². The molecule has 2 aromatic carbocycles. The summed E-state index contributed by atoms with van der Waals surface area (Å²) in [5, 5.41) is 22.3. The molecule has 8 heteroatoms. The van der Waals surface area contributed by atoms with E-state index in [1.807, 2.05) is 20.8 Å². The van der Waals surface area contributed by atoms with Crippen LogP contribution in [0, 0.1) is 20.2 Å². The first-order valence-corrected chi connectivity index (χ1v) is 8.82. The Morgan fingerprint density at radius 2 is 1.50 bits per heavy atom. The molecule has 0 fully saturated rings. The minimum absolute atomic E-state index is 0.00305. The second-order valence-corrected chi connectivity index (χ2v) is 7.94. The summed E-state index contributed by atoms with van der Waals surface area (Å²) < 4.78 is 0. The molecule has 28 heavy (non-hydrogen) atoms. The lowest BCUT2D eigenvalue weighted by Crippen LogP contribution is -2.55. The number of non-ortho nitro benzene ring substituents is 2. The molecule has 1 amide bonds. The number of anilines is 1. The summed E-state index contributed by atoms with van der Waals surface area (Å²) in [5.41, 5.74) is 0.856. The third-order valence-electron chi connectivity index (χ3n) is 5.45. The van der Waals surface area contributed by atoms with Crippen LogP contribution in [0.3, 0.4) is 0 Å². The number of nitrogens with zero attached hydrogens (tertiary/aromatic N) is 3. The maximum atomic E-state index is 12.4. The van der Waals surface area contributed by atoms with E-state index in [-0.39, 0.29) is 17.3 Å². The summed E-state index contributed by atoms with van der Waals surface area (Å²) in [6, 6.07) is 10.9. The Kier molecular flexibility index (Phi) is 4.45. The maximum absolute atomic E-state index is 12.4. The Morgan fingerprint density at radius 1 is 0.964 bits per heavy atom. The average Bonchev–Trinajstić information content (AvgIpc) is 2.60. The molecule has 1 unspecified atom stereocenters. The van der Waals surface area contributed by atoms with E-state index >= 15 is 0 Å². The fourth-order valence-electron chi connectivity index (χ4n) is 4.46. The van der Waals surface area contributed by atoms with Gasteiger partial charge in [0.2, 0.25) is 5.91 Å². The molecular weight excluding hydrogens is 362 g/mol. The van der Waals surface area contributed by atoms with Crippen molar-refractivity contribution >= 4 is 23.0 Å². The predicted octanol–water partition coefficient (Wildman–Crippen LogP) is 4.34. The van der Waals surface area contributed by atoms with Crippen molar-refractivity contribution in [2.45, 2.75) is 45.1 Å². The second kappa shape index (κ2) is 6.40. The van der Waals surface area contributed by atoms with E-state index in [0.717, 1.165) is 11.1 Å². The fraction of sp³-hybridized carbons (Fsp3) is 0.350. The van der Waals surface area contributed by atoms with Gasteiger partial charge in [0.25, 0.3) is 11.4 Å². The highest BCUT2D eigenvalue weighted by Gasteiger charge is 2.47. The van der Waals surface area contributed by atoms with Gasteiger partial charge in [-0.05, 0) is 37.5 Å². The zero-order valence-corrected chi connectivity index (χ0v) is 16.1. The molecule has 1 aliphatic heterocycles. The summed E-state index contributed by atoms with van der Waals surface area (Å²) in [7, 11) is 0. The molecule has 1 heterocycles. The van der Waals surface area contributed by atoms with Crippen molar-refractivity contribution in [3.05, 3.63) is 73.8 Å². The van der Waals surface area contributed by atoms with Crippen molar-refractivity contribution in [2.24, 2.45) is 0 Å². The molecule has 146 valence electrons. The molecule has 1 atom stereocenters. The van der Waals surface area contributed by atoms with Crippen LogP contribution < -0.4 is 4.90 Å². The lowest BCUT2D eigenvalue weighted by atomic mass is 9.65. The molecule has 2 aromatic rings. The number of rotatable bonds is 3. The third-order valence-corrected chi connectivity index (χ3v) is 5.45. The molecule has 0 saturated carbocycles. The number of carbonyl (C=O) groups excluding carboxylic acids is 1. The van der Waals surface area contributed by atoms with E-state index in [2.05, 4.69) is 0 Å². The van der Waals surface area contributed by atoms with Gasteiger partial charge in [-0.15, -0.1) is 0 Å². The summed E-state index contributed by atoms with van der Waals surface area (Å²) >= 11 is 0. The van der Waals surface area contributed by atoms with Crippen LogP contribution in [0.2, 0.25) is 0 Å². The first-order valence-electron chi connectivity index (χ1n) is 8.82. The average molecular weight is 383 g/mol. The molecule has 1 aliphatic rings. The van der Waals surface area contributed by atoms with E-state index in [1.54, 1.807) is 23.1 Å². The number of nitro benzene ring substituents is 2. The molecule has 0 N–H and O–H groups in total. The molecule has 0 bridgehead atoms. The summed E-state index contributed by atoms with van der Waals surface area (Å²) in [5.74, 6) is -0.197. The van der Waals surface area contributed by atoms with Crippen LogP contribution >= 0.6 is 0 Å². The molecule has 0 spiro atoms. The smallest absolute Gasteiger partial charge is 0.271 e. The van der Waals surface area contributed by atoms with E-state index in [4.69, 9.17) is 0 Å². The lowest BCUT2D eigenvalue weighted by Gasteiger charge is -2.51.